The van der Waals surface area contributed by atoms with Crippen LogP contribution in [0.1, 0.15) is 0 Å². The Morgan fingerprint density at radius 3 is 2.56 bits per heavy atom. The predicted molar refractivity (Wildman–Crippen MR) is 116 cm³/mol. The van der Waals surface area contributed by atoms with Gasteiger partial charge in [0.25, 0.3) is 5.91 Å². The van der Waals surface area contributed by atoms with E-state index in [2.05, 4.69) is 5.32 Å². The molecule has 0 bridgehead atoms. The Morgan fingerprint density at radius 2 is 1.75 bits per heavy atom. The van der Waals surface area contributed by atoms with Crippen LogP contribution in [0.25, 0.3) is 22.1 Å². The average Bonchev–Trinajstić information content (AvgIpc) is 2.79. The highest BCUT2D eigenvalue weighted by Gasteiger charge is 2.23. The first kappa shape index (κ1) is 19.8. The minimum atomic E-state index is -4.22. The highest BCUT2D eigenvalue weighted by molar-refractivity contribution is 7.87. The number of nitrogens with one attached hydrogen (secondary N) is 1. The number of carbonyl (C=O) groups is 1. The predicted octanol–water partition coefficient (Wildman–Crippen LogP) is 3.56. The van der Waals surface area contributed by atoms with Crippen molar-refractivity contribution in [3.05, 3.63) is 83.2 Å². The summed E-state index contributed by atoms with van der Waals surface area (Å²) in [5, 5.41) is 2.85. The Labute approximate surface area is 182 Å². The van der Waals surface area contributed by atoms with Crippen molar-refractivity contribution >= 4 is 32.7 Å². The summed E-state index contributed by atoms with van der Waals surface area (Å²) in [7, 11) is -4.22. The van der Waals surface area contributed by atoms with Crippen LogP contribution in [-0.4, -0.2) is 20.9 Å². The van der Waals surface area contributed by atoms with Crippen LogP contribution in [0.15, 0.2) is 87.1 Å². The van der Waals surface area contributed by atoms with Crippen LogP contribution in [0.5, 0.6) is 11.5 Å². The summed E-state index contributed by atoms with van der Waals surface area (Å²) < 4.78 is 41.5. The van der Waals surface area contributed by atoms with Gasteiger partial charge in [0.15, 0.2) is 12.0 Å². The fraction of sp³-hybridized carbons (Fsp3) is 0.0435. The molecule has 0 radical (unpaired) electrons. The van der Waals surface area contributed by atoms with Crippen molar-refractivity contribution in [1.82, 2.24) is 0 Å². The van der Waals surface area contributed by atoms with Gasteiger partial charge in [0.05, 0.1) is 16.6 Å². The number of amides is 1. The Balaban J connectivity index is 1.47. The molecule has 3 aromatic carbocycles. The minimum Gasteiger partial charge on any atom is -0.482 e. The van der Waals surface area contributed by atoms with Crippen molar-refractivity contribution in [2.75, 3.05) is 11.9 Å². The molecule has 1 aliphatic heterocycles. The standard InChI is InChI=1S/C23H15NO7S/c25-22-13-30-20-9-7-16(11-19(20)24-22)32(27,28)31-15-6-8-17-21(10-15)29-12-18(23(17)26)14-4-2-1-3-5-14/h1-12H,13H2,(H,24,25). The van der Waals surface area contributed by atoms with E-state index in [4.69, 9.17) is 13.3 Å². The zero-order chi connectivity index (χ0) is 22.3. The minimum absolute atomic E-state index is 0.0221. The molecule has 1 aromatic heterocycles. The van der Waals surface area contributed by atoms with Gasteiger partial charge in [-0.05, 0) is 35.9 Å². The third-order valence-corrected chi connectivity index (χ3v) is 6.15. The van der Waals surface area contributed by atoms with E-state index in [9.17, 15) is 18.0 Å². The number of hydrogen-bond donors (Lipinski definition) is 1. The van der Waals surface area contributed by atoms with Gasteiger partial charge in [-0.2, -0.15) is 8.42 Å². The summed E-state index contributed by atoms with van der Waals surface area (Å²) in [6, 6.07) is 17.3. The molecular formula is C23H15NO7S. The van der Waals surface area contributed by atoms with Crippen LogP contribution in [0.2, 0.25) is 0 Å². The third-order valence-electron chi connectivity index (χ3n) is 4.91. The van der Waals surface area contributed by atoms with Crippen molar-refractivity contribution in [3.63, 3.8) is 0 Å². The second-order valence-electron chi connectivity index (χ2n) is 7.03. The fourth-order valence-corrected chi connectivity index (χ4v) is 4.32. The highest BCUT2D eigenvalue weighted by Crippen LogP contribution is 2.31. The molecular weight excluding hydrogens is 434 g/mol. The van der Waals surface area contributed by atoms with Crippen LogP contribution >= 0.6 is 0 Å². The molecule has 2 heterocycles. The van der Waals surface area contributed by atoms with Gasteiger partial charge in [0.1, 0.15) is 28.2 Å². The Morgan fingerprint density at radius 1 is 0.938 bits per heavy atom. The van der Waals surface area contributed by atoms with Crippen molar-refractivity contribution in [2.45, 2.75) is 4.90 Å². The Bertz CT molecular complexity index is 1530. The molecule has 4 aromatic rings. The van der Waals surface area contributed by atoms with Gasteiger partial charge in [-0.25, -0.2) is 0 Å². The van der Waals surface area contributed by atoms with E-state index in [1.54, 1.807) is 12.1 Å². The maximum absolute atomic E-state index is 12.8. The molecule has 0 spiro atoms. The van der Waals surface area contributed by atoms with Gasteiger partial charge < -0.3 is 18.7 Å². The molecule has 9 heteroatoms. The fourth-order valence-electron chi connectivity index (χ4n) is 3.37. The monoisotopic (exact) mass is 449 g/mol. The van der Waals surface area contributed by atoms with Gasteiger partial charge in [-0.15, -0.1) is 0 Å². The van der Waals surface area contributed by atoms with Crippen LogP contribution in [0, 0.1) is 0 Å². The molecule has 0 atom stereocenters. The average molecular weight is 449 g/mol. The second kappa shape index (κ2) is 7.54. The van der Waals surface area contributed by atoms with E-state index in [-0.39, 0.29) is 39.9 Å². The molecule has 0 fully saturated rings. The molecule has 0 saturated carbocycles. The lowest BCUT2D eigenvalue weighted by molar-refractivity contribution is -0.118. The van der Waals surface area contributed by atoms with E-state index < -0.39 is 10.1 Å². The first-order valence-corrected chi connectivity index (χ1v) is 10.9. The zero-order valence-corrected chi connectivity index (χ0v) is 17.2. The third kappa shape index (κ3) is 3.58. The van der Waals surface area contributed by atoms with E-state index in [0.717, 1.165) is 5.56 Å². The smallest absolute Gasteiger partial charge is 0.339 e. The highest BCUT2D eigenvalue weighted by atomic mass is 32.2. The summed E-state index contributed by atoms with van der Waals surface area (Å²) in [4.78, 5) is 24.2. The molecule has 1 N–H and O–H groups in total. The molecule has 5 rings (SSSR count). The van der Waals surface area contributed by atoms with Crippen LogP contribution in [-0.2, 0) is 14.9 Å². The number of rotatable bonds is 4. The quantitative estimate of drug-likeness (QED) is 0.474. The Kier molecular flexibility index (Phi) is 4.67. The summed E-state index contributed by atoms with van der Waals surface area (Å²) >= 11 is 0. The van der Waals surface area contributed by atoms with E-state index in [1.165, 1.54) is 42.7 Å². The first-order valence-electron chi connectivity index (χ1n) is 9.53. The molecule has 0 aliphatic carbocycles. The number of fused-ring (bicyclic) bond motifs is 2. The summed E-state index contributed by atoms with van der Waals surface area (Å²) in [6.45, 7) is -0.135. The largest absolute Gasteiger partial charge is 0.482 e. The summed E-state index contributed by atoms with van der Waals surface area (Å²) in [5.74, 6) is -0.0382. The molecule has 160 valence electrons. The molecule has 0 unspecified atom stereocenters. The van der Waals surface area contributed by atoms with Gasteiger partial charge in [0.2, 0.25) is 0 Å². The van der Waals surface area contributed by atoms with Crippen molar-refractivity contribution in [2.24, 2.45) is 0 Å². The lowest BCUT2D eigenvalue weighted by atomic mass is 10.1. The van der Waals surface area contributed by atoms with Gasteiger partial charge >= 0.3 is 10.1 Å². The maximum atomic E-state index is 12.8. The molecule has 32 heavy (non-hydrogen) atoms. The lowest BCUT2D eigenvalue weighted by Gasteiger charge is -2.18. The topological polar surface area (TPSA) is 112 Å². The van der Waals surface area contributed by atoms with Crippen LogP contribution in [0.4, 0.5) is 5.69 Å². The number of hydrogen-bond acceptors (Lipinski definition) is 7. The van der Waals surface area contributed by atoms with Crippen LogP contribution in [0.3, 0.4) is 0 Å². The summed E-state index contributed by atoms with van der Waals surface area (Å²) in [5.41, 5.74) is 1.31. The van der Waals surface area contributed by atoms with Crippen molar-refractivity contribution < 1.29 is 26.5 Å². The van der Waals surface area contributed by atoms with Gasteiger partial charge in [0, 0.05) is 6.07 Å². The summed E-state index contributed by atoms with van der Waals surface area (Å²) in [6.07, 6.45) is 1.34. The normalized spacial score (nSPS) is 13.2. The first-order chi connectivity index (χ1) is 15.4. The molecule has 1 amide bonds. The number of carbonyl (C=O) groups excluding carboxylic acids is 1. The van der Waals surface area contributed by atoms with E-state index >= 15 is 0 Å². The lowest BCUT2D eigenvalue weighted by Crippen LogP contribution is -2.25. The Hall–Kier alpha value is -4.11. The number of ether oxygens (including phenoxy) is 1. The molecule has 0 saturated heterocycles. The molecule has 1 aliphatic rings. The molecule has 8 nitrogen and oxygen atoms in total. The number of anilines is 1. The zero-order valence-electron chi connectivity index (χ0n) is 16.4. The van der Waals surface area contributed by atoms with Crippen molar-refractivity contribution in [3.8, 4) is 22.6 Å². The van der Waals surface area contributed by atoms with E-state index in [1.807, 2.05) is 18.2 Å². The number of benzene rings is 3. The van der Waals surface area contributed by atoms with Gasteiger partial charge in [-0.3, -0.25) is 9.59 Å². The van der Waals surface area contributed by atoms with Gasteiger partial charge in [-0.1, -0.05) is 30.3 Å². The van der Waals surface area contributed by atoms with Crippen LogP contribution < -0.4 is 19.7 Å². The maximum Gasteiger partial charge on any atom is 0.339 e. The van der Waals surface area contributed by atoms with Crippen molar-refractivity contribution in [1.29, 1.82) is 0 Å². The van der Waals surface area contributed by atoms with E-state index in [0.29, 0.717) is 16.7 Å². The second-order valence-corrected chi connectivity index (χ2v) is 8.58. The SMILES string of the molecule is O=C1COc2ccc(S(=O)(=O)Oc3ccc4c(=O)c(-c5ccccc5)coc4c3)cc2N1.